The topological polar surface area (TPSA) is 57.8 Å². The Labute approximate surface area is 87.7 Å². The summed E-state index contributed by atoms with van der Waals surface area (Å²) in [4.78, 5) is 18.6. The number of H-pyrrole nitrogens is 1. The van der Waals surface area contributed by atoms with Gasteiger partial charge in [-0.15, -0.1) is 0 Å². The van der Waals surface area contributed by atoms with Gasteiger partial charge in [-0.25, -0.2) is 4.98 Å². The fraction of sp³-hybridized carbons (Fsp3) is 0.273. The molecule has 1 heterocycles. The third-order valence-electron chi connectivity index (χ3n) is 2.12. The Hall–Kier alpha value is -1.84. The summed E-state index contributed by atoms with van der Waals surface area (Å²) >= 11 is 0. The minimum Gasteiger partial charge on any atom is -0.324 e. The lowest BCUT2D eigenvalue weighted by molar-refractivity contribution is -0.116. The molecule has 0 aliphatic heterocycles. The summed E-state index contributed by atoms with van der Waals surface area (Å²) in [5, 5.41) is 2.73. The van der Waals surface area contributed by atoms with Gasteiger partial charge in [0.2, 0.25) is 11.9 Å². The molecule has 1 amide bonds. The van der Waals surface area contributed by atoms with Gasteiger partial charge in [0.05, 0.1) is 11.0 Å². The maximum absolute atomic E-state index is 11.3. The first kappa shape index (κ1) is 9.71. The van der Waals surface area contributed by atoms with Crippen molar-refractivity contribution >= 4 is 22.9 Å². The molecule has 1 aromatic carbocycles. The van der Waals surface area contributed by atoms with E-state index in [1.807, 2.05) is 31.2 Å². The van der Waals surface area contributed by atoms with Gasteiger partial charge in [0.1, 0.15) is 0 Å². The number of rotatable bonds is 3. The highest BCUT2D eigenvalue weighted by Crippen LogP contribution is 2.13. The van der Waals surface area contributed by atoms with Crippen molar-refractivity contribution < 1.29 is 4.79 Å². The molecule has 0 aliphatic carbocycles. The molecule has 0 unspecified atom stereocenters. The first-order valence-corrected chi connectivity index (χ1v) is 5.04. The van der Waals surface area contributed by atoms with Crippen molar-refractivity contribution in [1.29, 1.82) is 0 Å². The molecular formula is C11H13N3O. The van der Waals surface area contributed by atoms with E-state index in [1.165, 1.54) is 0 Å². The van der Waals surface area contributed by atoms with Crippen molar-refractivity contribution in [2.45, 2.75) is 19.8 Å². The van der Waals surface area contributed by atoms with E-state index in [-0.39, 0.29) is 5.91 Å². The molecule has 0 aliphatic rings. The molecule has 0 saturated heterocycles. The smallest absolute Gasteiger partial charge is 0.226 e. The third kappa shape index (κ3) is 2.15. The van der Waals surface area contributed by atoms with Crippen molar-refractivity contribution in [1.82, 2.24) is 9.97 Å². The number of hydrogen-bond donors (Lipinski definition) is 2. The zero-order valence-corrected chi connectivity index (χ0v) is 8.58. The van der Waals surface area contributed by atoms with Crippen LogP contribution in [-0.2, 0) is 4.79 Å². The standard InChI is InChI=1S/C11H13N3O/c1-2-5-10(15)14-11-12-8-6-3-4-7-9(8)13-11/h3-4,6-7H,2,5H2,1H3,(H2,12,13,14,15). The van der Waals surface area contributed by atoms with Crippen molar-refractivity contribution in [3.05, 3.63) is 24.3 Å². The highest BCUT2D eigenvalue weighted by Gasteiger charge is 2.04. The van der Waals surface area contributed by atoms with Crippen molar-refractivity contribution in [3.8, 4) is 0 Å². The van der Waals surface area contributed by atoms with E-state index in [4.69, 9.17) is 0 Å². The van der Waals surface area contributed by atoms with Gasteiger partial charge in [-0.1, -0.05) is 19.1 Å². The fourth-order valence-electron chi connectivity index (χ4n) is 1.43. The maximum Gasteiger partial charge on any atom is 0.226 e. The predicted octanol–water partition coefficient (Wildman–Crippen LogP) is 2.30. The Morgan fingerprint density at radius 1 is 1.47 bits per heavy atom. The summed E-state index contributed by atoms with van der Waals surface area (Å²) in [6.45, 7) is 1.97. The van der Waals surface area contributed by atoms with Gasteiger partial charge in [-0.05, 0) is 18.6 Å². The van der Waals surface area contributed by atoms with E-state index in [0.29, 0.717) is 12.4 Å². The molecule has 2 aromatic rings. The maximum atomic E-state index is 11.3. The zero-order valence-electron chi connectivity index (χ0n) is 8.58. The number of para-hydroxylation sites is 2. The number of imidazole rings is 1. The van der Waals surface area contributed by atoms with Crippen molar-refractivity contribution in [2.75, 3.05) is 5.32 Å². The molecule has 0 saturated carbocycles. The molecule has 0 radical (unpaired) electrons. The summed E-state index contributed by atoms with van der Waals surface area (Å²) in [6, 6.07) is 7.68. The average Bonchev–Trinajstić information content (AvgIpc) is 2.59. The van der Waals surface area contributed by atoms with E-state index in [2.05, 4.69) is 15.3 Å². The van der Waals surface area contributed by atoms with Crippen LogP contribution in [0.1, 0.15) is 19.8 Å². The number of hydrogen-bond acceptors (Lipinski definition) is 2. The van der Waals surface area contributed by atoms with E-state index >= 15 is 0 Å². The Morgan fingerprint density at radius 2 is 2.27 bits per heavy atom. The second-order valence-corrected chi connectivity index (χ2v) is 3.40. The molecule has 2 rings (SSSR count). The first-order chi connectivity index (χ1) is 7.29. The summed E-state index contributed by atoms with van der Waals surface area (Å²) in [5.74, 6) is 0.520. The molecule has 4 nitrogen and oxygen atoms in total. The van der Waals surface area contributed by atoms with Crippen LogP contribution in [0.15, 0.2) is 24.3 Å². The van der Waals surface area contributed by atoms with Crippen LogP contribution in [0.3, 0.4) is 0 Å². The van der Waals surface area contributed by atoms with Gasteiger partial charge in [0.15, 0.2) is 0 Å². The highest BCUT2D eigenvalue weighted by molar-refractivity contribution is 5.90. The monoisotopic (exact) mass is 203 g/mol. The second kappa shape index (κ2) is 4.13. The van der Waals surface area contributed by atoms with Gasteiger partial charge in [-0.3, -0.25) is 10.1 Å². The number of amides is 1. The van der Waals surface area contributed by atoms with Gasteiger partial charge in [0, 0.05) is 6.42 Å². The van der Waals surface area contributed by atoms with Crippen LogP contribution in [0.2, 0.25) is 0 Å². The molecule has 78 valence electrons. The molecule has 4 heteroatoms. The van der Waals surface area contributed by atoms with E-state index < -0.39 is 0 Å². The van der Waals surface area contributed by atoms with Crippen LogP contribution in [0.25, 0.3) is 11.0 Å². The Kier molecular flexibility index (Phi) is 2.67. The summed E-state index contributed by atoms with van der Waals surface area (Å²) in [7, 11) is 0. The number of nitrogens with one attached hydrogen (secondary N) is 2. The summed E-state index contributed by atoms with van der Waals surface area (Å²) < 4.78 is 0. The Bertz CT molecular complexity index is 442. The molecule has 0 atom stereocenters. The lowest BCUT2D eigenvalue weighted by atomic mass is 10.3. The number of anilines is 1. The lowest BCUT2D eigenvalue weighted by Gasteiger charge is -1.97. The average molecular weight is 203 g/mol. The van der Waals surface area contributed by atoms with Crippen molar-refractivity contribution in [2.24, 2.45) is 0 Å². The molecule has 0 fully saturated rings. The summed E-state index contributed by atoms with van der Waals surface area (Å²) in [5.41, 5.74) is 1.80. The zero-order chi connectivity index (χ0) is 10.7. The molecule has 0 bridgehead atoms. The Balaban J connectivity index is 2.18. The molecule has 1 aromatic heterocycles. The number of fused-ring (bicyclic) bond motifs is 1. The van der Waals surface area contributed by atoms with E-state index in [9.17, 15) is 4.79 Å². The van der Waals surface area contributed by atoms with Crippen LogP contribution in [-0.4, -0.2) is 15.9 Å². The predicted molar refractivity (Wildman–Crippen MR) is 59.6 cm³/mol. The van der Waals surface area contributed by atoms with E-state index in [1.54, 1.807) is 0 Å². The first-order valence-electron chi connectivity index (χ1n) is 5.04. The highest BCUT2D eigenvalue weighted by atomic mass is 16.1. The van der Waals surface area contributed by atoms with Gasteiger partial charge < -0.3 is 4.98 Å². The third-order valence-corrected chi connectivity index (χ3v) is 2.12. The number of nitrogens with zero attached hydrogens (tertiary/aromatic N) is 1. The number of aromatic nitrogens is 2. The van der Waals surface area contributed by atoms with Crippen molar-refractivity contribution in [3.63, 3.8) is 0 Å². The van der Waals surface area contributed by atoms with Crippen LogP contribution >= 0.6 is 0 Å². The molecule has 2 N–H and O–H groups in total. The quantitative estimate of drug-likeness (QED) is 0.804. The number of benzene rings is 1. The number of carbonyl (C=O) groups is 1. The van der Waals surface area contributed by atoms with Crippen LogP contribution in [0.5, 0.6) is 0 Å². The molecular weight excluding hydrogens is 190 g/mol. The second-order valence-electron chi connectivity index (χ2n) is 3.40. The van der Waals surface area contributed by atoms with Gasteiger partial charge in [0.25, 0.3) is 0 Å². The van der Waals surface area contributed by atoms with E-state index in [0.717, 1.165) is 17.5 Å². The fourth-order valence-corrected chi connectivity index (χ4v) is 1.43. The lowest BCUT2D eigenvalue weighted by Crippen LogP contribution is -2.11. The molecule has 15 heavy (non-hydrogen) atoms. The Morgan fingerprint density at radius 3 is 3.00 bits per heavy atom. The minimum atomic E-state index is -0.00319. The SMILES string of the molecule is CCCC(=O)Nc1nc2ccccc2[nH]1. The minimum absolute atomic E-state index is 0.00319. The number of carbonyl (C=O) groups excluding carboxylic acids is 1. The van der Waals surface area contributed by atoms with Crippen LogP contribution in [0.4, 0.5) is 5.95 Å². The normalized spacial score (nSPS) is 10.5. The van der Waals surface area contributed by atoms with Gasteiger partial charge in [-0.2, -0.15) is 0 Å². The molecule has 0 spiro atoms. The van der Waals surface area contributed by atoms with Gasteiger partial charge >= 0.3 is 0 Å². The van der Waals surface area contributed by atoms with Crippen LogP contribution in [0, 0.1) is 0 Å². The largest absolute Gasteiger partial charge is 0.324 e. The van der Waals surface area contributed by atoms with Crippen LogP contribution < -0.4 is 5.32 Å². The number of aromatic amines is 1. The summed E-state index contributed by atoms with van der Waals surface area (Å²) in [6.07, 6.45) is 1.36.